The number of hydrogen-bond acceptors (Lipinski definition) is 4. The molecule has 0 aliphatic carbocycles. The van der Waals surface area contributed by atoms with Gasteiger partial charge in [-0.25, -0.2) is 23.0 Å². The maximum atomic E-state index is 8.63. The fourth-order valence-electron chi connectivity index (χ4n) is 1.00. The topological polar surface area (TPSA) is 126 Å². The molecule has 0 fully saturated rings. The highest BCUT2D eigenvalue weighted by atomic mass is 32.3. The molecule has 9 heteroatoms. The lowest BCUT2D eigenvalue weighted by atomic mass is 10.6. The highest BCUT2D eigenvalue weighted by molar-refractivity contribution is 7.79. The van der Waals surface area contributed by atoms with E-state index in [2.05, 4.69) is 33.4 Å². The maximum Gasteiger partial charge on any atom is 0.250 e. The second-order valence-corrected chi connectivity index (χ2v) is 3.88. The number of nitrogens with one attached hydrogen (secondary N) is 2. The van der Waals surface area contributed by atoms with Crippen molar-refractivity contribution in [2.75, 3.05) is 0 Å². The van der Waals surface area contributed by atoms with Gasteiger partial charge >= 0.3 is 0 Å². The zero-order valence-electron chi connectivity index (χ0n) is 10.1. The normalized spacial score (nSPS) is 9.26. The van der Waals surface area contributed by atoms with Crippen LogP contribution in [-0.2, 0) is 16.9 Å². The standard InChI is InChI=1S/C6H10N2.C3H4N2.CH4.H2O4S/c1-3-8-5-4-7-6(8)2;1-2-5-3-4-1;;1-5(2,3)4/h4-5H,3H2,1-2H3;1-3H,(H,4,5);1H4;(H2,1,2,3,4). The zero-order chi connectivity index (χ0) is 14.0. The number of rotatable bonds is 1. The van der Waals surface area contributed by atoms with Gasteiger partial charge in [0.15, 0.2) is 0 Å². The summed E-state index contributed by atoms with van der Waals surface area (Å²) in [6.07, 6.45) is 9.06. The van der Waals surface area contributed by atoms with Crippen LogP contribution in [0.5, 0.6) is 0 Å². The molecular weight excluding hydrogens is 272 g/mol. The van der Waals surface area contributed by atoms with Crippen LogP contribution in [0.2, 0.25) is 0 Å². The summed E-state index contributed by atoms with van der Waals surface area (Å²) >= 11 is 0. The highest BCUT2D eigenvalue weighted by Gasteiger charge is 1.97. The van der Waals surface area contributed by atoms with Gasteiger partial charge in [0.1, 0.15) is 12.4 Å². The minimum absolute atomic E-state index is 0. The Balaban J connectivity index is 0. The Morgan fingerprint density at radius 3 is 2.21 bits per heavy atom. The van der Waals surface area contributed by atoms with Crippen molar-refractivity contribution < 1.29 is 22.1 Å². The van der Waals surface area contributed by atoms with Crippen LogP contribution in [-0.4, -0.2) is 32.5 Å². The van der Waals surface area contributed by atoms with E-state index >= 15 is 0 Å². The van der Waals surface area contributed by atoms with E-state index in [1.165, 1.54) is 5.82 Å². The molecule has 0 bridgehead atoms. The van der Waals surface area contributed by atoms with Crippen LogP contribution in [0.3, 0.4) is 0 Å². The Morgan fingerprint density at radius 1 is 1.47 bits per heavy atom. The first-order valence-corrected chi connectivity index (χ1v) is 6.35. The molecule has 2 aromatic rings. The molecule has 0 aliphatic rings. The summed E-state index contributed by atoms with van der Waals surface area (Å²) in [6, 6.07) is 0. The van der Waals surface area contributed by atoms with Crippen LogP contribution in [0.25, 0.3) is 0 Å². The molecule has 0 aliphatic heterocycles. The number of imidazole rings is 2. The lowest BCUT2D eigenvalue weighted by molar-refractivity contribution is -0.698. The lowest BCUT2D eigenvalue weighted by Crippen LogP contribution is -2.32. The fourth-order valence-corrected chi connectivity index (χ4v) is 1.00. The van der Waals surface area contributed by atoms with E-state index in [1.807, 2.05) is 12.4 Å². The molecule has 19 heavy (non-hydrogen) atoms. The quantitative estimate of drug-likeness (QED) is 0.405. The zero-order valence-corrected chi connectivity index (χ0v) is 10.9. The summed E-state index contributed by atoms with van der Waals surface area (Å²) in [6.45, 7) is 5.24. The first-order valence-electron chi connectivity index (χ1n) is 4.99. The van der Waals surface area contributed by atoms with Gasteiger partial charge in [-0.3, -0.25) is 4.55 Å². The molecule has 0 atom stereocenters. The summed E-state index contributed by atoms with van der Waals surface area (Å²) in [5, 5.41) is 0. The number of hydrogen-bond donors (Lipinski definition) is 3. The predicted octanol–water partition coefficient (Wildman–Crippen LogP) is 0.681. The Labute approximate surface area is 113 Å². The van der Waals surface area contributed by atoms with Crippen molar-refractivity contribution in [2.45, 2.75) is 27.8 Å². The monoisotopic (exact) mass is 292 g/mol. The van der Waals surface area contributed by atoms with E-state index < -0.39 is 10.4 Å². The first kappa shape index (κ1) is 19.6. The van der Waals surface area contributed by atoms with Gasteiger partial charge in [0, 0.05) is 19.3 Å². The molecule has 0 spiro atoms. The van der Waals surface area contributed by atoms with Crippen molar-refractivity contribution in [3.63, 3.8) is 0 Å². The summed E-state index contributed by atoms with van der Waals surface area (Å²) in [7, 11) is -4.92. The number of H-pyrrole nitrogens is 2. The van der Waals surface area contributed by atoms with Crippen LogP contribution < -0.4 is 4.57 Å². The fraction of sp³-hybridized carbons (Fsp3) is 0.400. The third-order valence-corrected chi connectivity index (χ3v) is 1.72. The molecule has 2 aromatic heterocycles. The van der Waals surface area contributed by atoms with Gasteiger partial charge in [-0.2, -0.15) is 0 Å². The minimum Gasteiger partial charge on any atom is -0.726 e. The van der Waals surface area contributed by atoms with Crippen LogP contribution in [0.4, 0.5) is 0 Å². The number of aryl methyl sites for hydroxylation is 2. The van der Waals surface area contributed by atoms with E-state index in [0.717, 1.165) is 6.54 Å². The van der Waals surface area contributed by atoms with Crippen molar-refractivity contribution in [1.82, 2.24) is 15.0 Å². The van der Waals surface area contributed by atoms with Gasteiger partial charge in [-0.15, -0.1) is 0 Å². The molecule has 2 heterocycles. The van der Waals surface area contributed by atoms with E-state index in [0.29, 0.717) is 0 Å². The van der Waals surface area contributed by atoms with Crippen molar-refractivity contribution in [1.29, 1.82) is 0 Å². The molecule has 8 nitrogen and oxygen atoms in total. The average Bonchev–Trinajstić information content (AvgIpc) is 2.87. The summed E-state index contributed by atoms with van der Waals surface area (Å²) in [4.78, 5) is 9.50. The van der Waals surface area contributed by atoms with Crippen LogP contribution in [0, 0.1) is 6.92 Å². The van der Waals surface area contributed by atoms with Gasteiger partial charge < -0.3 is 9.54 Å². The van der Waals surface area contributed by atoms with Gasteiger partial charge in [-0.1, -0.05) is 7.43 Å². The van der Waals surface area contributed by atoms with E-state index in [1.54, 1.807) is 18.7 Å². The predicted molar refractivity (Wildman–Crippen MR) is 69.0 cm³/mol. The maximum absolute atomic E-state index is 8.63. The van der Waals surface area contributed by atoms with E-state index in [4.69, 9.17) is 17.5 Å². The molecular formula is C10H20N4O4S. The molecule has 2 rings (SSSR count). The molecule has 0 unspecified atom stereocenters. The lowest BCUT2D eigenvalue weighted by Gasteiger charge is -1.88. The van der Waals surface area contributed by atoms with Gasteiger partial charge in [-0.05, 0) is 6.92 Å². The van der Waals surface area contributed by atoms with Crippen molar-refractivity contribution >= 4 is 10.4 Å². The van der Waals surface area contributed by atoms with E-state index in [-0.39, 0.29) is 7.43 Å². The molecule has 0 amide bonds. The average molecular weight is 292 g/mol. The van der Waals surface area contributed by atoms with Crippen LogP contribution in [0.1, 0.15) is 20.2 Å². The number of aromatic nitrogens is 4. The summed E-state index contributed by atoms with van der Waals surface area (Å²) < 4.78 is 35.0. The molecule has 3 N–H and O–H groups in total. The second-order valence-electron chi connectivity index (χ2n) is 3.02. The highest BCUT2D eigenvalue weighted by Crippen LogP contribution is 1.78. The molecule has 110 valence electrons. The van der Waals surface area contributed by atoms with E-state index in [9.17, 15) is 0 Å². The minimum atomic E-state index is -4.92. The van der Waals surface area contributed by atoms with Crippen molar-refractivity contribution in [2.24, 2.45) is 0 Å². The first-order chi connectivity index (χ1) is 8.34. The Bertz CT molecular complexity index is 482. The summed E-state index contributed by atoms with van der Waals surface area (Å²) in [5.74, 6) is 1.22. The third-order valence-electron chi connectivity index (χ3n) is 1.72. The Kier molecular flexibility index (Phi) is 10.6. The Hall–Kier alpha value is -1.71. The molecule has 0 saturated heterocycles. The Morgan fingerprint density at radius 2 is 2.05 bits per heavy atom. The van der Waals surface area contributed by atoms with Crippen molar-refractivity contribution in [3.05, 3.63) is 36.9 Å². The van der Waals surface area contributed by atoms with Gasteiger partial charge in [0.05, 0.1) is 12.9 Å². The SMILES string of the molecule is C.CC[n+]1cc[nH]c1C.O=S(=O)([O-])O.c1c[nH]cn1. The molecule has 0 radical (unpaired) electrons. The van der Waals surface area contributed by atoms with Crippen molar-refractivity contribution in [3.8, 4) is 0 Å². The molecule has 0 saturated carbocycles. The van der Waals surface area contributed by atoms with Gasteiger partial charge in [0.2, 0.25) is 10.4 Å². The smallest absolute Gasteiger partial charge is 0.250 e. The summed E-state index contributed by atoms with van der Waals surface area (Å²) in [5.41, 5.74) is 0. The molecule has 0 aromatic carbocycles. The third kappa shape index (κ3) is 14.2. The number of nitrogens with zero attached hydrogens (tertiary/aromatic N) is 2. The largest absolute Gasteiger partial charge is 0.726 e. The van der Waals surface area contributed by atoms with Crippen LogP contribution in [0.15, 0.2) is 31.1 Å². The van der Waals surface area contributed by atoms with Gasteiger partial charge in [0.25, 0.3) is 5.82 Å². The second kappa shape index (κ2) is 10.2. The number of aromatic amines is 2. The van der Waals surface area contributed by atoms with Crippen LogP contribution >= 0.6 is 0 Å².